The summed E-state index contributed by atoms with van der Waals surface area (Å²) in [6, 6.07) is 5.86. The quantitative estimate of drug-likeness (QED) is 0.563. The number of nitrogens with zero attached hydrogens (tertiary/aromatic N) is 1. The van der Waals surface area contributed by atoms with Crippen LogP contribution < -0.4 is 10.1 Å². The molecule has 1 unspecified atom stereocenters. The normalized spacial score (nSPS) is 26.2. The van der Waals surface area contributed by atoms with Gasteiger partial charge in [0, 0.05) is 36.1 Å². The van der Waals surface area contributed by atoms with E-state index in [2.05, 4.69) is 10.3 Å². The van der Waals surface area contributed by atoms with Crippen LogP contribution in [0.15, 0.2) is 24.4 Å². The fourth-order valence-electron chi connectivity index (χ4n) is 6.20. The van der Waals surface area contributed by atoms with Crippen molar-refractivity contribution in [2.45, 2.75) is 51.1 Å². The maximum Gasteiger partial charge on any atom is 0.401 e. The predicted octanol–water partition coefficient (Wildman–Crippen LogP) is 5.59. The first-order valence-electron chi connectivity index (χ1n) is 12.2. The molecule has 2 aromatic rings. The van der Waals surface area contributed by atoms with Gasteiger partial charge in [0.1, 0.15) is 5.75 Å². The summed E-state index contributed by atoms with van der Waals surface area (Å²) in [5.74, 6) is 2.28. The Morgan fingerprint density at radius 1 is 1.15 bits per heavy atom. The Morgan fingerprint density at radius 3 is 2.58 bits per heavy atom. The second-order valence-corrected chi connectivity index (χ2v) is 10.2. The summed E-state index contributed by atoms with van der Waals surface area (Å²) < 4.78 is 44.0. The Kier molecular flexibility index (Phi) is 6.29. The molecule has 2 N–H and O–H groups in total. The third-order valence-electron chi connectivity index (χ3n) is 7.76. The van der Waals surface area contributed by atoms with Gasteiger partial charge in [-0.15, -0.1) is 0 Å². The Bertz CT molecular complexity index is 969. The van der Waals surface area contributed by atoms with Gasteiger partial charge in [0.2, 0.25) is 5.91 Å². The molecule has 0 spiro atoms. The molecule has 33 heavy (non-hydrogen) atoms. The first-order chi connectivity index (χ1) is 15.8. The topological polar surface area (TPSA) is 57.4 Å². The Morgan fingerprint density at radius 2 is 1.88 bits per heavy atom. The highest BCUT2D eigenvalue weighted by Gasteiger charge is 2.43. The number of hydrogen-bond donors (Lipinski definition) is 2. The number of H-pyrrole nitrogens is 1. The zero-order chi connectivity index (χ0) is 23.0. The smallest absolute Gasteiger partial charge is 0.401 e. The van der Waals surface area contributed by atoms with E-state index in [0.717, 1.165) is 67.3 Å². The summed E-state index contributed by atoms with van der Waals surface area (Å²) >= 11 is 0. The van der Waals surface area contributed by atoms with Gasteiger partial charge in [-0.2, -0.15) is 13.2 Å². The van der Waals surface area contributed by atoms with Gasteiger partial charge in [-0.25, -0.2) is 0 Å². The molecule has 1 aliphatic heterocycles. The highest BCUT2D eigenvalue weighted by atomic mass is 19.4. The summed E-state index contributed by atoms with van der Waals surface area (Å²) in [6.07, 6.45) is 4.82. The maximum atomic E-state index is 12.6. The molecule has 8 heteroatoms. The molecule has 2 aliphatic carbocycles. The fraction of sp³-hybridized carbons (Fsp3) is 0.640. The number of amides is 1. The lowest BCUT2D eigenvalue weighted by molar-refractivity contribution is -0.144. The van der Waals surface area contributed by atoms with E-state index in [1.54, 1.807) is 4.90 Å². The van der Waals surface area contributed by atoms with Gasteiger partial charge in [0.15, 0.2) is 0 Å². The standard InChI is InChI=1S/C25H32F3N3O2/c26-25(27,28)15-31-13-18-9-16(10-19(18)14-31)7-8-33-20-5-6-22-21(11-20)23(12-29-22)30-24(32)17-3-1-2-4-17/h5-6,11-12,16-19,29H,1-4,7-10,13-15H2,(H,30,32)/t16?,18-,19+. The summed E-state index contributed by atoms with van der Waals surface area (Å²) in [7, 11) is 0. The molecule has 1 amide bonds. The number of carbonyl (C=O) groups is 1. The third-order valence-corrected chi connectivity index (χ3v) is 7.76. The molecule has 1 aromatic heterocycles. The number of carbonyl (C=O) groups excluding carboxylic acids is 1. The van der Waals surface area contributed by atoms with Crippen LogP contribution in [0.4, 0.5) is 18.9 Å². The molecule has 2 saturated carbocycles. The summed E-state index contributed by atoms with van der Waals surface area (Å²) in [5.41, 5.74) is 1.75. The van der Waals surface area contributed by atoms with Crippen molar-refractivity contribution in [1.82, 2.24) is 9.88 Å². The van der Waals surface area contributed by atoms with Crippen molar-refractivity contribution in [3.05, 3.63) is 24.4 Å². The number of hydrogen-bond acceptors (Lipinski definition) is 3. The van der Waals surface area contributed by atoms with E-state index in [4.69, 9.17) is 4.74 Å². The molecule has 1 saturated heterocycles. The van der Waals surface area contributed by atoms with Gasteiger partial charge in [-0.1, -0.05) is 12.8 Å². The number of benzene rings is 1. The average molecular weight is 464 g/mol. The number of halogens is 3. The second-order valence-electron chi connectivity index (χ2n) is 10.2. The van der Waals surface area contributed by atoms with Crippen molar-refractivity contribution in [2.75, 3.05) is 31.6 Å². The third kappa shape index (κ3) is 5.31. The molecule has 0 bridgehead atoms. The van der Waals surface area contributed by atoms with Gasteiger partial charge in [-0.3, -0.25) is 9.69 Å². The van der Waals surface area contributed by atoms with Crippen molar-refractivity contribution < 1.29 is 22.7 Å². The molecule has 180 valence electrons. The zero-order valence-corrected chi connectivity index (χ0v) is 18.8. The van der Waals surface area contributed by atoms with Crippen LogP contribution in [0.5, 0.6) is 5.75 Å². The van der Waals surface area contributed by atoms with Crippen molar-refractivity contribution >= 4 is 22.5 Å². The number of fused-ring (bicyclic) bond motifs is 2. The Labute approximate surface area is 192 Å². The van der Waals surface area contributed by atoms with Crippen LogP contribution in [0.3, 0.4) is 0 Å². The summed E-state index contributed by atoms with van der Waals surface area (Å²) in [4.78, 5) is 17.3. The van der Waals surface area contributed by atoms with E-state index >= 15 is 0 Å². The minimum atomic E-state index is -4.11. The molecule has 1 aromatic carbocycles. The average Bonchev–Trinajstić information content (AvgIpc) is 3.51. The SMILES string of the molecule is O=C(Nc1c[nH]c2ccc(OCCC3C[C@@H]4CN(CC(F)(F)F)C[C@@H]4C3)cc12)C1CCCC1. The maximum absolute atomic E-state index is 12.6. The van der Waals surface area contributed by atoms with Crippen molar-refractivity contribution in [3.8, 4) is 5.75 Å². The van der Waals surface area contributed by atoms with Crippen LogP contribution in [0, 0.1) is 23.7 Å². The first-order valence-corrected chi connectivity index (χ1v) is 12.2. The molecule has 5 nitrogen and oxygen atoms in total. The molecule has 3 aliphatic rings. The Hall–Kier alpha value is -2.22. The monoisotopic (exact) mass is 463 g/mol. The number of aromatic amines is 1. The number of likely N-dealkylation sites (tertiary alicyclic amines) is 1. The van der Waals surface area contributed by atoms with Gasteiger partial charge in [0.05, 0.1) is 18.8 Å². The van der Waals surface area contributed by atoms with E-state index in [9.17, 15) is 18.0 Å². The molecule has 0 radical (unpaired) electrons. The van der Waals surface area contributed by atoms with Crippen LogP contribution >= 0.6 is 0 Å². The second kappa shape index (κ2) is 9.20. The van der Waals surface area contributed by atoms with Gasteiger partial charge >= 0.3 is 6.18 Å². The molecular formula is C25H32F3N3O2. The number of alkyl halides is 3. The van der Waals surface area contributed by atoms with Crippen molar-refractivity contribution in [2.24, 2.45) is 23.7 Å². The number of nitrogens with one attached hydrogen (secondary N) is 2. The minimum absolute atomic E-state index is 0.0975. The summed E-state index contributed by atoms with van der Waals surface area (Å²) in [5, 5.41) is 4.02. The van der Waals surface area contributed by atoms with Gasteiger partial charge in [0.25, 0.3) is 0 Å². The lowest BCUT2D eigenvalue weighted by atomic mass is 10.0. The molecular weight excluding hydrogens is 431 g/mol. The summed E-state index contributed by atoms with van der Waals surface area (Å²) in [6.45, 7) is 0.955. The fourth-order valence-corrected chi connectivity index (χ4v) is 6.20. The largest absolute Gasteiger partial charge is 0.494 e. The first kappa shape index (κ1) is 22.6. The Balaban J connectivity index is 1.11. The number of rotatable bonds is 7. The highest BCUT2D eigenvalue weighted by Crippen LogP contribution is 2.43. The highest BCUT2D eigenvalue weighted by molar-refractivity contribution is 6.02. The van der Waals surface area contributed by atoms with E-state index in [1.807, 2.05) is 24.4 Å². The molecule has 2 heterocycles. The minimum Gasteiger partial charge on any atom is -0.494 e. The van der Waals surface area contributed by atoms with Crippen molar-refractivity contribution in [3.63, 3.8) is 0 Å². The van der Waals surface area contributed by atoms with Crippen LogP contribution in [-0.2, 0) is 4.79 Å². The van der Waals surface area contributed by atoms with E-state index in [-0.39, 0.29) is 11.8 Å². The van der Waals surface area contributed by atoms with E-state index in [0.29, 0.717) is 37.5 Å². The predicted molar refractivity (Wildman–Crippen MR) is 121 cm³/mol. The van der Waals surface area contributed by atoms with E-state index < -0.39 is 12.7 Å². The van der Waals surface area contributed by atoms with Gasteiger partial charge < -0.3 is 15.0 Å². The molecule has 5 rings (SSSR count). The van der Waals surface area contributed by atoms with Crippen LogP contribution in [0.25, 0.3) is 10.9 Å². The lowest BCUT2D eigenvalue weighted by Gasteiger charge is -2.20. The van der Waals surface area contributed by atoms with Crippen LogP contribution in [-0.4, -0.2) is 48.2 Å². The van der Waals surface area contributed by atoms with Gasteiger partial charge in [-0.05, 0) is 68.1 Å². The lowest BCUT2D eigenvalue weighted by Crippen LogP contribution is -2.33. The molecule has 3 fully saturated rings. The van der Waals surface area contributed by atoms with Crippen molar-refractivity contribution in [1.29, 1.82) is 0 Å². The van der Waals surface area contributed by atoms with E-state index in [1.165, 1.54) is 0 Å². The van der Waals surface area contributed by atoms with Crippen LogP contribution in [0.1, 0.15) is 44.9 Å². The number of anilines is 1. The van der Waals surface area contributed by atoms with Crippen LogP contribution in [0.2, 0.25) is 0 Å². The molecule has 3 atom stereocenters. The number of ether oxygens (including phenoxy) is 1. The number of aromatic nitrogens is 1. The zero-order valence-electron chi connectivity index (χ0n) is 18.8.